The fourth-order valence-electron chi connectivity index (χ4n) is 0.897. The van der Waals surface area contributed by atoms with Crippen LogP contribution in [-0.2, 0) is 4.79 Å². The molecule has 1 unspecified atom stereocenters. The van der Waals surface area contributed by atoms with Gasteiger partial charge >= 0.3 is 0 Å². The third-order valence-electron chi connectivity index (χ3n) is 1.57. The molecule has 1 amide bonds. The van der Waals surface area contributed by atoms with Crippen molar-refractivity contribution < 1.29 is 4.79 Å². The predicted octanol–water partition coefficient (Wildman–Crippen LogP) is 1.27. The molecule has 0 aromatic heterocycles. The number of nitrogens with one attached hydrogen (secondary N) is 1. The molecule has 1 N–H and O–H groups in total. The first-order chi connectivity index (χ1) is 6.29. The Bertz CT molecular complexity index is 189. The van der Waals surface area contributed by atoms with Crippen LogP contribution in [0.5, 0.6) is 0 Å². The van der Waals surface area contributed by atoms with E-state index < -0.39 is 0 Å². The Labute approximate surface area is 79.4 Å². The van der Waals surface area contributed by atoms with E-state index in [0.29, 0.717) is 13.0 Å². The zero-order valence-electron chi connectivity index (χ0n) is 7.78. The van der Waals surface area contributed by atoms with Crippen molar-refractivity contribution in [2.24, 2.45) is 0 Å². The van der Waals surface area contributed by atoms with E-state index in [1.54, 1.807) is 18.2 Å². The number of carbonyl (C=O) groups is 1. The van der Waals surface area contributed by atoms with E-state index in [1.807, 2.05) is 0 Å². The van der Waals surface area contributed by atoms with Crippen molar-refractivity contribution in [3.63, 3.8) is 0 Å². The number of hydrazine groups is 1. The molecule has 0 radical (unpaired) electrons. The van der Waals surface area contributed by atoms with E-state index >= 15 is 0 Å². The maximum absolute atomic E-state index is 10.6. The van der Waals surface area contributed by atoms with Crippen LogP contribution in [0.3, 0.4) is 0 Å². The van der Waals surface area contributed by atoms with Gasteiger partial charge in [0.15, 0.2) is 0 Å². The Balaban J connectivity index is 4.14. The molecule has 0 rings (SSSR count). The number of hydrogen-bond acceptors (Lipinski definition) is 2. The van der Waals surface area contributed by atoms with Gasteiger partial charge < -0.3 is 0 Å². The van der Waals surface area contributed by atoms with Crippen molar-refractivity contribution in [3.8, 4) is 0 Å². The van der Waals surface area contributed by atoms with Crippen LogP contribution in [0.2, 0.25) is 0 Å². The summed E-state index contributed by atoms with van der Waals surface area (Å²) in [4.78, 5) is 10.6. The minimum Gasteiger partial charge on any atom is -0.277 e. The fourth-order valence-corrected chi connectivity index (χ4v) is 0.897. The fraction of sp³-hybridized carbons (Fsp3) is 0.300. The van der Waals surface area contributed by atoms with Crippen LogP contribution in [0.4, 0.5) is 0 Å². The van der Waals surface area contributed by atoms with Crippen molar-refractivity contribution in [1.82, 2.24) is 10.4 Å². The van der Waals surface area contributed by atoms with Crippen LogP contribution in [-0.4, -0.2) is 24.0 Å². The molecule has 0 bridgehead atoms. The first-order valence-corrected chi connectivity index (χ1v) is 4.11. The van der Waals surface area contributed by atoms with E-state index in [2.05, 4.69) is 25.2 Å². The Morgan fingerprint density at radius 2 is 2.00 bits per heavy atom. The normalized spacial score (nSPS) is 11.4. The number of hydrogen-bond donors (Lipinski definition) is 1. The van der Waals surface area contributed by atoms with E-state index in [0.717, 1.165) is 6.41 Å². The summed E-state index contributed by atoms with van der Waals surface area (Å²) in [6.07, 6.45) is 6.56. The predicted molar refractivity (Wildman–Crippen MR) is 54.9 cm³/mol. The molecule has 1 atom stereocenters. The summed E-state index contributed by atoms with van der Waals surface area (Å²) in [5, 5.41) is 1.45. The molecule has 3 nitrogen and oxygen atoms in total. The monoisotopic (exact) mass is 180 g/mol. The maximum atomic E-state index is 10.6. The molecular weight excluding hydrogens is 164 g/mol. The number of rotatable bonds is 8. The second kappa shape index (κ2) is 7.31. The van der Waals surface area contributed by atoms with E-state index in [-0.39, 0.29) is 6.04 Å². The van der Waals surface area contributed by atoms with Gasteiger partial charge in [-0.3, -0.25) is 9.80 Å². The van der Waals surface area contributed by atoms with Gasteiger partial charge in [0.05, 0.1) is 6.04 Å². The lowest BCUT2D eigenvalue weighted by atomic mass is 10.2. The van der Waals surface area contributed by atoms with Crippen LogP contribution in [0.1, 0.15) is 6.42 Å². The molecule has 72 valence electrons. The molecule has 0 aliphatic rings. The topological polar surface area (TPSA) is 32.3 Å². The minimum absolute atomic E-state index is 0.0463. The Kier molecular flexibility index (Phi) is 6.55. The first kappa shape index (κ1) is 11.6. The highest BCUT2D eigenvalue weighted by molar-refractivity contribution is 5.47. The summed E-state index contributed by atoms with van der Waals surface area (Å²) >= 11 is 0. The van der Waals surface area contributed by atoms with E-state index in [4.69, 9.17) is 0 Å². The largest absolute Gasteiger partial charge is 0.277 e. The number of nitrogens with zero attached hydrogens (tertiary/aromatic N) is 1. The van der Waals surface area contributed by atoms with Crippen LogP contribution in [0.25, 0.3) is 0 Å². The van der Waals surface area contributed by atoms with Crippen LogP contribution < -0.4 is 5.43 Å². The van der Waals surface area contributed by atoms with Crippen LogP contribution in [0, 0.1) is 0 Å². The lowest BCUT2D eigenvalue weighted by molar-refractivity contribution is -0.122. The van der Waals surface area contributed by atoms with Gasteiger partial charge in [-0.05, 0) is 6.42 Å². The molecule has 0 saturated heterocycles. The van der Waals surface area contributed by atoms with Crippen molar-refractivity contribution in [3.05, 3.63) is 38.0 Å². The average molecular weight is 180 g/mol. The second-order valence-corrected chi connectivity index (χ2v) is 2.49. The quantitative estimate of drug-likeness (QED) is 0.346. The van der Waals surface area contributed by atoms with Gasteiger partial charge in [-0.15, -0.1) is 19.7 Å². The maximum Gasteiger partial charge on any atom is 0.224 e. The third-order valence-corrected chi connectivity index (χ3v) is 1.57. The van der Waals surface area contributed by atoms with Gasteiger partial charge in [0.1, 0.15) is 0 Å². The number of amides is 1. The molecule has 0 spiro atoms. The molecule has 0 aromatic rings. The molecule has 0 aliphatic heterocycles. The zero-order valence-corrected chi connectivity index (χ0v) is 7.78. The molecule has 0 heterocycles. The Morgan fingerprint density at radius 1 is 1.31 bits per heavy atom. The smallest absolute Gasteiger partial charge is 0.224 e. The summed E-state index contributed by atoms with van der Waals surface area (Å²) in [5.41, 5.74) is 2.88. The molecule has 3 heteroatoms. The zero-order chi connectivity index (χ0) is 10.1. The average Bonchev–Trinajstić information content (AvgIpc) is 2.17. The van der Waals surface area contributed by atoms with E-state index in [9.17, 15) is 4.79 Å². The molecule has 0 saturated carbocycles. The highest BCUT2D eigenvalue weighted by Gasteiger charge is 2.09. The Morgan fingerprint density at radius 3 is 2.38 bits per heavy atom. The second-order valence-electron chi connectivity index (χ2n) is 2.49. The Hall–Kier alpha value is -1.35. The molecule has 0 fully saturated rings. The van der Waals surface area contributed by atoms with Crippen molar-refractivity contribution in [1.29, 1.82) is 0 Å². The highest BCUT2D eigenvalue weighted by Crippen LogP contribution is 2.00. The van der Waals surface area contributed by atoms with Gasteiger partial charge in [0.25, 0.3) is 0 Å². The first-order valence-electron chi connectivity index (χ1n) is 4.11. The summed E-state index contributed by atoms with van der Waals surface area (Å²) in [6.45, 7) is 11.4. The van der Waals surface area contributed by atoms with Gasteiger partial charge in [-0.1, -0.05) is 18.2 Å². The lowest BCUT2D eigenvalue weighted by Gasteiger charge is -2.24. The standard InChI is InChI=1S/C10H16N2O/c1-4-7-10(6-3)12(9-13)11-8-5-2/h4-6,9-11H,1-3,7-8H2. The van der Waals surface area contributed by atoms with Gasteiger partial charge in [0.2, 0.25) is 6.41 Å². The van der Waals surface area contributed by atoms with Gasteiger partial charge in [-0.2, -0.15) is 0 Å². The molecule has 0 aliphatic carbocycles. The number of carbonyl (C=O) groups excluding carboxylic acids is 1. The molecule has 0 aromatic carbocycles. The minimum atomic E-state index is -0.0463. The van der Waals surface area contributed by atoms with Gasteiger partial charge in [0, 0.05) is 6.54 Å². The molecule has 13 heavy (non-hydrogen) atoms. The van der Waals surface area contributed by atoms with E-state index in [1.165, 1.54) is 5.01 Å². The van der Waals surface area contributed by atoms with Crippen LogP contribution in [0.15, 0.2) is 38.0 Å². The van der Waals surface area contributed by atoms with Gasteiger partial charge in [-0.25, -0.2) is 5.43 Å². The lowest BCUT2D eigenvalue weighted by Crippen LogP contribution is -2.43. The SMILES string of the molecule is C=CCNN(C=O)C(C=C)CC=C. The van der Waals surface area contributed by atoms with Crippen molar-refractivity contribution in [2.75, 3.05) is 6.54 Å². The summed E-state index contributed by atoms with van der Waals surface area (Å²) < 4.78 is 0. The van der Waals surface area contributed by atoms with Crippen molar-refractivity contribution in [2.45, 2.75) is 12.5 Å². The van der Waals surface area contributed by atoms with Crippen LogP contribution >= 0.6 is 0 Å². The third kappa shape index (κ3) is 4.28. The summed E-state index contributed by atoms with van der Waals surface area (Å²) in [6, 6.07) is -0.0463. The summed E-state index contributed by atoms with van der Waals surface area (Å²) in [7, 11) is 0. The molecular formula is C10H16N2O. The van der Waals surface area contributed by atoms with Crippen molar-refractivity contribution >= 4 is 6.41 Å². The summed E-state index contributed by atoms with van der Waals surface area (Å²) in [5.74, 6) is 0. The highest BCUT2D eigenvalue weighted by atomic mass is 16.1.